The minimum absolute atomic E-state index is 0.323. The predicted octanol–water partition coefficient (Wildman–Crippen LogP) is 2.18. The van der Waals surface area contributed by atoms with Crippen LogP contribution in [0.25, 0.3) is 0 Å². The number of hydrogen-bond acceptors (Lipinski definition) is 2. The third-order valence-electron chi connectivity index (χ3n) is 2.03. The molecule has 0 spiro atoms. The second-order valence-electron chi connectivity index (χ2n) is 3.24. The molecule has 1 aromatic rings. The first-order valence-corrected chi connectivity index (χ1v) is 6.06. The Morgan fingerprint density at radius 1 is 1.53 bits per heavy atom. The van der Waals surface area contributed by atoms with Crippen molar-refractivity contribution >= 4 is 37.8 Å². The largest absolute Gasteiger partial charge is 0.368 e. The van der Waals surface area contributed by atoms with E-state index < -0.39 is 0 Å². The van der Waals surface area contributed by atoms with Gasteiger partial charge in [0, 0.05) is 15.5 Å². The van der Waals surface area contributed by atoms with Gasteiger partial charge in [-0.15, -0.1) is 0 Å². The van der Waals surface area contributed by atoms with E-state index in [2.05, 4.69) is 37.2 Å². The third kappa shape index (κ3) is 3.93. The molecule has 0 aliphatic heterocycles. The monoisotopic (exact) mass is 334 g/mol. The molecule has 0 heterocycles. The van der Waals surface area contributed by atoms with Gasteiger partial charge in [0.15, 0.2) is 0 Å². The molecule has 0 saturated heterocycles. The van der Waals surface area contributed by atoms with Crippen LogP contribution >= 0.6 is 31.9 Å². The van der Waals surface area contributed by atoms with Crippen LogP contribution in [-0.4, -0.2) is 11.9 Å². The Kier molecular flexibility index (Phi) is 4.76. The van der Waals surface area contributed by atoms with E-state index in [4.69, 9.17) is 5.73 Å². The number of nitrogens with one attached hydrogen (secondary N) is 1. The summed E-state index contributed by atoms with van der Waals surface area (Å²) in [4.78, 5) is 10.8. The zero-order valence-electron chi connectivity index (χ0n) is 8.26. The topological polar surface area (TPSA) is 55.1 Å². The highest BCUT2D eigenvalue weighted by atomic mass is 79.9. The summed E-state index contributed by atoms with van der Waals surface area (Å²) in [5.74, 6) is -0.346. The normalized spacial score (nSPS) is 12.5. The zero-order valence-corrected chi connectivity index (χ0v) is 11.4. The van der Waals surface area contributed by atoms with Crippen LogP contribution in [0.4, 0.5) is 0 Å². The first kappa shape index (κ1) is 12.7. The van der Waals surface area contributed by atoms with E-state index in [1.54, 1.807) is 6.92 Å². The van der Waals surface area contributed by atoms with Gasteiger partial charge < -0.3 is 11.1 Å². The van der Waals surface area contributed by atoms with Crippen molar-refractivity contribution < 1.29 is 4.79 Å². The Balaban J connectivity index is 2.65. The molecule has 3 N–H and O–H groups in total. The maximum absolute atomic E-state index is 10.8. The number of rotatable bonds is 4. The number of primary amides is 1. The van der Waals surface area contributed by atoms with Crippen molar-refractivity contribution in [3.8, 4) is 0 Å². The molecule has 1 rings (SSSR count). The molecular weight excluding hydrogens is 324 g/mol. The van der Waals surface area contributed by atoms with Crippen molar-refractivity contribution in [1.82, 2.24) is 5.32 Å². The summed E-state index contributed by atoms with van der Waals surface area (Å²) in [6.07, 6.45) is 0. The zero-order chi connectivity index (χ0) is 11.4. The van der Waals surface area contributed by atoms with Gasteiger partial charge in [-0.2, -0.15) is 0 Å². The summed E-state index contributed by atoms with van der Waals surface area (Å²) < 4.78 is 2.02. The molecule has 0 saturated carbocycles. The third-order valence-corrected chi connectivity index (χ3v) is 3.30. The Morgan fingerprint density at radius 2 is 2.20 bits per heavy atom. The van der Waals surface area contributed by atoms with Gasteiger partial charge in [0.05, 0.1) is 6.04 Å². The minimum Gasteiger partial charge on any atom is -0.368 e. The number of halogens is 2. The van der Waals surface area contributed by atoms with Gasteiger partial charge in [-0.1, -0.05) is 31.9 Å². The van der Waals surface area contributed by atoms with Crippen LogP contribution in [0.5, 0.6) is 0 Å². The van der Waals surface area contributed by atoms with Crippen molar-refractivity contribution in [2.45, 2.75) is 19.5 Å². The van der Waals surface area contributed by atoms with Crippen LogP contribution in [-0.2, 0) is 11.3 Å². The fraction of sp³-hybridized carbons (Fsp3) is 0.300. The molecule has 3 nitrogen and oxygen atoms in total. The minimum atomic E-state index is -0.346. The van der Waals surface area contributed by atoms with Crippen LogP contribution in [0.3, 0.4) is 0 Å². The van der Waals surface area contributed by atoms with E-state index in [9.17, 15) is 4.79 Å². The summed E-state index contributed by atoms with van der Waals surface area (Å²) >= 11 is 6.83. The van der Waals surface area contributed by atoms with Crippen molar-refractivity contribution in [1.29, 1.82) is 0 Å². The second kappa shape index (κ2) is 5.63. The number of amides is 1. The molecule has 1 aromatic carbocycles. The average molecular weight is 336 g/mol. The van der Waals surface area contributed by atoms with Crippen molar-refractivity contribution in [2.24, 2.45) is 5.73 Å². The van der Waals surface area contributed by atoms with Crippen molar-refractivity contribution in [3.63, 3.8) is 0 Å². The van der Waals surface area contributed by atoms with Gasteiger partial charge in [0.1, 0.15) is 0 Å². The van der Waals surface area contributed by atoms with Crippen LogP contribution in [0.15, 0.2) is 27.1 Å². The highest BCUT2D eigenvalue weighted by Gasteiger charge is 2.08. The van der Waals surface area contributed by atoms with Gasteiger partial charge in [-0.3, -0.25) is 4.79 Å². The summed E-state index contributed by atoms with van der Waals surface area (Å²) in [6, 6.07) is 5.57. The van der Waals surface area contributed by atoms with Gasteiger partial charge >= 0.3 is 0 Å². The van der Waals surface area contributed by atoms with Crippen LogP contribution in [0, 0.1) is 0 Å². The lowest BCUT2D eigenvalue weighted by Crippen LogP contribution is -2.38. The highest BCUT2D eigenvalue weighted by Crippen LogP contribution is 2.21. The Hall–Kier alpha value is -0.390. The number of benzene rings is 1. The van der Waals surface area contributed by atoms with Crippen LogP contribution < -0.4 is 11.1 Å². The number of carbonyl (C=O) groups excluding carboxylic acids is 1. The van der Waals surface area contributed by atoms with Gasteiger partial charge in [-0.05, 0) is 30.7 Å². The van der Waals surface area contributed by atoms with E-state index in [1.807, 2.05) is 18.2 Å². The van der Waals surface area contributed by atoms with Crippen LogP contribution in [0.1, 0.15) is 12.5 Å². The maximum atomic E-state index is 10.8. The van der Waals surface area contributed by atoms with Crippen molar-refractivity contribution in [2.75, 3.05) is 0 Å². The highest BCUT2D eigenvalue weighted by molar-refractivity contribution is 9.11. The Bertz CT molecular complexity index is 368. The molecule has 0 aliphatic rings. The lowest BCUT2D eigenvalue weighted by molar-refractivity contribution is -0.119. The first-order chi connectivity index (χ1) is 7.00. The molecule has 0 aromatic heterocycles. The molecular formula is C10H12Br2N2O. The van der Waals surface area contributed by atoms with Crippen molar-refractivity contribution in [3.05, 3.63) is 32.7 Å². The van der Waals surface area contributed by atoms with E-state index >= 15 is 0 Å². The number of hydrogen-bond donors (Lipinski definition) is 2. The molecule has 15 heavy (non-hydrogen) atoms. The lowest BCUT2D eigenvalue weighted by Gasteiger charge is -2.11. The molecule has 82 valence electrons. The summed E-state index contributed by atoms with van der Waals surface area (Å²) in [6.45, 7) is 2.35. The molecule has 1 atom stereocenters. The van der Waals surface area contributed by atoms with Crippen LogP contribution in [0.2, 0.25) is 0 Å². The second-order valence-corrected chi connectivity index (χ2v) is 5.01. The molecule has 1 amide bonds. The van der Waals surface area contributed by atoms with E-state index in [0.29, 0.717) is 6.54 Å². The van der Waals surface area contributed by atoms with Gasteiger partial charge in [0.25, 0.3) is 0 Å². The number of carbonyl (C=O) groups is 1. The maximum Gasteiger partial charge on any atom is 0.234 e. The standard InChI is InChI=1S/C10H12Br2N2O/c1-6(10(13)15)14-5-7-4-8(11)2-3-9(7)12/h2-4,6,14H,5H2,1H3,(H2,13,15)/t6-/m1/s1. The van der Waals surface area contributed by atoms with E-state index in [-0.39, 0.29) is 11.9 Å². The fourth-order valence-electron chi connectivity index (χ4n) is 1.04. The van der Waals surface area contributed by atoms with E-state index in [0.717, 1.165) is 14.5 Å². The molecule has 0 unspecified atom stereocenters. The quantitative estimate of drug-likeness (QED) is 0.886. The predicted molar refractivity (Wildman–Crippen MR) is 67.3 cm³/mol. The molecule has 0 aliphatic carbocycles. The van der Waals surface area contributed by atoms with E-state index in [1.165, 1.54) is 0 Å². The fourth-order valence-corrected chi connectivity index (χ4v) is 1.84. The smallest absolute Gasteiger partial charge is 0.234 e. The summed E-state index contributed by atoms with van der Waals surface area (Å²) in [5.41, 5.74) is 6.23. The Morgan fingerprint density at radius 3 is 2.80 bits per heavy atom. The summed E-state index contributed by atoms with van der Waals surface area (Å²) in [7, 11) is 0. The van der Waals surface area contributed by atoms with Gasteiger partial charge in [0.2, 0.25) is 5.91 Å². The summed E-state index contributed by atoms with van der Waals surface area (Å²) in [5, 5.41) is 3.04. The molecule has 0 radical (unpaired) electrons. The Labute approximate surface area is 106 Å². The molecule has 0 bridgehead atoms. The average Bonchev–Trinajstić information content (AvgIpc) is 2.18. The SMILES string of the molecule is C[C@@H](NCc1cc(Br)ccc1Br)C(N)=O. The molecule has 0 fully saturated rings. The number of nitrogens with two attached hydrogens (primary N) is 1. The molecule has 5 heteroatoms. The first-order valence-electron chi connectivity index (χ1n) is 4.47. The lowest BCUT2D eigenvalue weighted by atomic mass is 10.2. The van der Waals surface area contributed by atoms with Gasteiger partial charge in [-0.25, -0.2) is 0 Å².